The van der Waals surface area contributed by atoms with Crippen molar-refractivity contribution >= 4 is 18.1 Å². The van der Waals surface area contributed by atoms with Crippen LogP contribution >= 0.6 is 0 Å². The van der Waals surface area contributed by atoms with Crippen LogP contribution in [0.3, 0.4) is 0 Å². The summed E-state index contributed by atoms with van der Waals surface area (Å²) in [4.78, 5) is 4.31. The van der Waals surface area contributed by atoms with E-state index in [4.69, 9.17) is 15.6 Å². The molecule has 1 aromatic carbocycles. The highest BCUT2D eigenvalue weighted by Crippen LogP contribution is 2.38. The van der Waals surface area contributed by atoms with Crippen molar-refractivity contribution in [3.8, 4) is 11.6 Å². The summed E-state index contributed by atoms with van der Waals surface area (Å²) in [7, 11) is 0. The fourth-order valence-corrected chi connectivity index (χ4v) is 3.20. The molecule has 162 valence electrons. The highest BCUT2D eigenvalue weighted by Gasteiger charge is 2.32. The van der Waals surface area contributed by atoms with Crippen molar-refractivity contribution in [1.29, 1.82) is 10.8 Å². The van der Waals surface area contributed by atoms with Crippen molar-refractivity contribution < 1.29 is 17.9 Å². The van der Waals surface area contributed by atoms with Crippen LogP contribution in [0.4, 0.5) is 13.2 Å². The first kappa shape index (κ1) is 22.2. The van der Waals surface area contributed by atoms with Crippen LogP contribution in [0.1, 0.15) is 43.4 Å². The Labute approximate surface area is 177 Å². The predicted octanol–water partition coefficient (Wildman–Crippen LogP) is 5.48. The molecule has 3 rings (SSSR count). The molecule has 0 spiro atoms. The molecule has 2 N–H and O–H groups in total. The van der Waals surface area contributed by atoms with Crippen LogP contribution in [0.15, 0.2) is 46.6 Å². The molecular formula is C22H22F3N5O. The number of allylic oxidation sites excluding steroid dienone is 3. The van der Waals surface area contributed by atoms with E-state index in [-0.39, 0.29) is 17.1 Å². The lowest BCUT2D eigenvalue weighted by molar-refractivity contribution is -0.137. The Hall–Kier alpha value is -3.49. The maximum absolute atomic E-state index is 13.4. The van der Waals surface area contributed by atoms with Crippen molar-refractivity contribution in [2.24, 2.45) is 4.99 Å². The number of rotatable bonds is 5. The first-order chi connectivity index (χ1) is 14.6. The average molecular weight is 429 g/mol. The molecule has 1 aliphatic heterocycles. The standard InChI is InChI=1S/C22H22F3N5O/c1-4-15-7-13(2)18(11-28-10-15)17-6-5-16(22(23,24)25)9-19(17)31-21-14(3)8-20(27)30(12-26)29-21/h5-6,8-12,26-27H,4,7H2,1-3H3. The second-order valence-corrected chi connectivity index (χ2v) is 7.19. The van der Waals surface area contributed by atoms with E-state index < -0.39 is 11.7 Å². The maximum Gasteiger partial charge on any atom is 0.416 e. The summed E-state index contributed by atoms with van der Waals surface area (Å²) in [6.07, 6.45) is 1.15. The molecule has 2 heterocycles. The van der Waals surface area contributed by atoms with Gasteiger partial charge < -0.3 is 4.74 Å². The number of aliphatic imine (C=N–C) groups is 1. The molecule has 0 radical (unpaired) electrons. The lowest BCUT2D eigenvalue weighted by atomic mass is 9.95. The van der Waals surface area contributed by atoms with Gasteiger partial charge in [0.2, 0.25) is 5.88 Å². The molecule has 0 saturated heterocycles. The van der Waals surface area contributed by atoms with E-state index in [0.717, 1.165) is 40.7 Å². The van der Waals surface area contributed by atoms with Crippen LogP contribution in [-0.2, 0) is 6.18 Å². The Morgan fingerprint density at radius 1 is 1.23 bits per heavy atom. The second kappa shape index (κ2) is 8.71. The Morgan fingerprint density at radius 2 is 1.97 bits per heavy atom. The largest absolute Gasteiger partial charge is 0.437 e. The van der Waals surface area contributed by atoms with E-state index in [0.29, 0.717) is 23.1 Å². The highest BCUT2D eigenvalue weighted by molar-refractivity contribution is 6.12. The molecule has 1 aromatic heterocycles. The number of nitrogens with zero attached hydrogens (tertiary/aromatic N) is 3. The number of ether oxygens (including phenoxy) is 1. The molecule has 0 unspecified atom stereocenters. The minimum Gasteiger partial charge on any atom is -0.437 e. The summed E-state index contributed by atoms with van der Waals surface area (Å²) in [5.41, 5.74) is 2.78. The number of hydrogen-bond donors (Lipinski definition) is 2. The Morgan fingerprint density at radius 3 is 2.61 bits per heavy atom. The van der Waals surface area contributed by atoms with Crippen LogP contribution in [0.5, 0.6) is 11.6 Å². The zero-order valence-corrected chi connectivity index (χ0v) is 17.3. The zero-order chi connectivity index (χ0) is 22.8. The fourth-order valence-electron chi connectivity index (χ4n) is 3.20. The summed E-state index contributed by atoms with van der Waals surface area (Å²) < 4.78 is 47.0. The number of aryl methyl sites for hydroxylation is 1. The van der Waals surface area contributed by atoms with E-state index >= 15 is 0 Å². The SMILES string of the molecule is CCC1=CN=CC(c2ccc(C(F)(F)F)cc2Oc2nn(C=N)c(=N)cc2C)=C(C)C1. The van der Waals surface area contributed by atoms with Gasteiger partial charge in [-0.15, -0.1) is 5.10 Å². The van der Waals surface area contributed by atoms with Gasteiger partial charge in [0.15, 0.2) is 0 Å². The minimum atomic E-state index is -4.54. The summed E-state index contributed by atoms with van der Waals surface area (Å²) in [5, 5.41) is 19.2. The number of alkyl halides is 3. The number of hydrogen-bond acceptors (Lipinski definition) is 5. The van der Waals surface area contributed by atoms with Crippen molar-refractivity contribution in [2.45, 2.75) is 39.8 Å². The van der Waals surface area contributed by atoms with Gasteiger partial charge in [-0.2, -0.15) is 13.2 Å². The molecule has 9 heteroatoms. The molecule has 0 atom stereocenters. The molecule has 31 heavy (non-hydrogen) atoms. The first-order valence-corrected chi connectivity index (χ1v) is 9.60. The van der Waals surface area contributed by atoms with Crippen LogP contribution < -0.4 is 10.2 Å². The smallest absolute Gasteiger partial charge is 0.416 e. The van der Waals surface area contributed by atoms with Gasteiger partial charge in [-0.3, -0.25) is 15.8 Å². The normalized spacial score (nSPS) is 14.3. The van der Waals surface area contributed by atoms with E-state index in [1.54, 1.807) is 19.3 Å². The van der Waals surface area contributed by atoms with Crippen molar-refractivity contribution in [3.05, 3.63) is 63.8 Å². The van der Waals surface area contributed by atoms with Gasteiger partial charge in [-0.05, 0) is 56.5 Å². The molecule has 0 fully saturated rings. The molecule has 0 saturated carbocycles. The lowest BCUT2D eigenvalue weighted by Crippen LogP contribution is -2.22. The van der Waals surface area contributed by atoms with Crippen LogP contribution in [0, 0.1) is 17.7 Å². The topological polar surface area (TPSA) is 87.1 Å². The van der Waals surface area contributed by atoms with E-state index in [2.05, 4.69) is 10.1 Å². The lowest BCUT2D eigenvalue weighted by Gasteiger charge is -2.17. The van der Waals surface area contributed by atoms with Gasteiger partial charge in [0.25, 0.3) is 0 Å². The average Bonchev–Trinajstić information content (AvgIpc) is 2.90. The molecule has 2 aromatic rings. The number of nitrogens with one attached hydrogen (secondary N) is 2. The third-order valence-electron chi connectivity index (χ3n) is 4.93. The van der Waals surface area contributed by atoms with Gasteiger partial charge in [0.05, 0.1) is 5.56 Å². The second-order valence-electron chi connectivity index (χ2n) is 7.19. The van der Waals surface area contributed by atoms with Gasteiger partial charge in [-0.1, -0.05) is 12.5 Å². The molecule has 1 aliphatic rings. The Kier molecular flexibility index (Phi) is 6.24. The van der Waals surface area contributed by atoms with Gasteiger partial charge >= 0.3 is 6.18 Å². The molecule has 0 aliphatic carbocycles. The molecule has 0 bridgehead atoms. The summed E-state index contributed by atoms with van der Waals surface area (Å²) in [6.45, 7) is 5.57. The number of aromatic nitrogens is 2. The summed E-state index contributed by atoms with van der Waals surface area (Å²) in [5.74, 6) is -0.0169. The molecule has 0 amide bonds. The van der Waals surface area contributed by atoms with Gasteiger partial charge in [0.1, 0.15) is 17.6 Å². The van der Waals surface area contributed by atoms with Gasteiger partial charge in [-0.25, -0.2) is 4.68 Å². The number of halogens is 3. The quantitative estimate of drug-likeness (QED) is 0.487. The predicted molar refractivity (Wildman–Crippen MR) is 113 cm³/mol. The number of benzene rings is 1. The fraction of sp³-hybridized carbons (Fsp3) is 0.273. The van der Waals surface area contributed by atoms with Crippen LogP contribution in [-0.4, -0.2) is 22.3 Å². The van der Waals surface area contributed by atoms with Crippen molar-refractivity contribution in [3.63, 3.8) is 0 Å². The van der Waals surface area contributed by atoms with E-state index in [1.165, 1.54) is 12.1 Å². The summed E-state index contributed by atoms with van der Waals surface area (Å²) in [6, 6.07) is 4.75. The first-order valence-electron chi connectivity index (χ1n) is 9.60. The monoisotopic (exact) mass is 429 g/mol. The van der Waals surface area contributed by atoms with Crippen LogP contribution in [0.25, 0.3) is 5.57 Å². The Balaban J connectivity index is 2.17. The Bertz CT molecular complexity index is 1170. The molecule has 6 nitrogen and oxygen atoms in total. The summed E-state index contributed by atoms with van der Waals surface area (Å²) >= 11 is 0. The van der Waals surface area contributed by atoms with Gasteiger partial charge in [0, 0.05) is 29.1 Å². The third kappa shape index (κ3) is 4.82. The van der Waals surface area contributed by atoms with E-state index in [9.17, 15) is 13.2 Å². The maximum atomic E-state index is 13.4. The minimum absolute atomic E-state index is 0.0104. The van der Waals surface area contributed by atoms with E-state index in [1.807, 2.05) is 13.8 Å². The van der Waals surface area contributed by atoms with Crippen molar-refractivity contribution in [2.75, 3.05) is 0 Å². The zero-order valence-electron chi connectivity index (χ0n) is 17.3. The highest BCUT2D eigenvalue weighted by atomic mass is 19.4. The van der Waals surface area contributed by atoms with Crippen molar-refractivity contribution in [1.82, 2.24) is 9.78 Å². The van der Waals surface area contributed by atoms with Crippen LogP contribution in [0.2, 0.25) is 0 Å². The molecular weight excluding hydrogens is 407 g/mol. The third-order valence-corrected chi connectivity index (χ3v) is 4.93.